The van der Waals surface area contributed by atoms with Crippen molar-refractivity contribution in [3.8, 4) is 28.0 Å². The molecule has 3 aromatic rings. The molecule has 0 spiro atoms. The van der Waals surface area contributed by atoms with E-state index in [1.54, 1.807) is 22.8 Å². The van der Waals surface area contributed by atoms with Crippen LogP contribution >= 0.6 is 11.3 Å². The number of ether oxygens (including phenoxy) is 2. The number of hydrogen-bond acceptors (Lipinski definition) is 9. The van der Waals surface area contributed by atoms with E-state index in [1.807, 2.05) is 12.3 Å². The largest absolute Gasteiger partial charge is 0.494 e. The molecule has 1 atom stereocenters. The molecule has 4 rings (SSSR count). The number of thiazole rings is 1. The summed E-state index contributed by atoms with van der Waals surface area (Å²) in [5.41, 5.74) is 1.34. The monoisotopic (exact) mass is 506 g/mol. The second-order valence-corrected chi connectivity index (χ2v) is 11.6. The van der Waals surface area contributed by atoms with E-state index in [9.17, 15) is 13.5 Å². The number of hydrogen-bond donors (Lipinski definition) is 1. The summed E-state index contributed by atoms with van der Waals surface area (Å²) in [6.07, 6.45) is 3.73. The average molecular weight is 507 g/mol. The fourth-order valence-corrected chi connectivity index (χ4v) is 6.53. The van der Waals surface area contributed by atoms with Gasteiger partial charge in [-0.25, -0.2) is 13.4 Å². The van der Waals surface area contributed by atoms with Crippen LogP contribution in [-0.2, 0) is 15.6 Å². The number of para-hydroxylation sites is 1. The van der Waals surface area contributed by atoms with Gasteiger partial charge in [-0.15, -0.1) is 21.5 Å². The highest BCUT2D eigenvalue weighted by Crippen LogP contribution is 2.37. The van der Waals surface area contributed by atoms with Crippen LogP contribution < -0.4 is 9.47 Å². The van der Waals surface area contributed by atoms with Crippen molar-refractivity contribution in [2.24, 2.45) is 5.92 Å². The van der Waals surface area contributed by atoms with Gasteiger partial charge in [0.2, 0.25) is 0 Å². The highest BCUT2D eigenvalue weighted by atomic mass is 32.2. The molecule has 1 aliphatic rings. The molecule has 1 aliphatic carbocycles. The third-order valence-corrected chi connectivity index (χ3v) is 8.70. The molecule has 184 valence electrons. The standard InChI is InChI=1S/C23H30N4O5S2/c1-15-13-33-23(24-15)22-26-25-20(27(22)21-18(31-2)9-6-10-19(21)32-3)14-34(29,30)12-11-17(28)16-7-4-5-8-16/h6,9-10,13,16-17,28H,4-5,7-8,11-12,14H2,1-3H3/t17-/m0/s1. The van der Waals surface area contributed by atoms with Crippen molar-refractivity contribution >= 4 is 21.2 Å². The molecule has 1 saturated carbocycles. The van der Waals surface area contributed by atoms with Crippen LogP contribution in [0.3, 0.4) is 0 Å². The minimum absolute atomic E-state index is 0.119. The molecule has 0 saturated heterocycles. The lowest BCUT2D eigenvalue weighted by molar-refractivity contribution is 0.107. The Hall–Kier alpha value is -2.50. The van der Waals surface area contributed by atoms with Crippen molar-refractivity contribution in [2.75, 3.05) is 20.0 Å². The molecule has 0 amide bonds. The molecular weight excluding hydrogens is 476 g/mol. The second-order valence-electron chi connectivity index (χ2n) is 8.57. The van der Waals surface area contributed by atoms with Gasteiger partial charge in [-0.3, -0.25) is 4.57 Å². The van der Waals surface area contributed by atoms with Crippen molar-refractivity contribution < 1.29 is 23.0 Å². The third kappa shape index (κ3) is 5.26. The van der Waals surface area contributed by atoms with E-state index in [4.69, 9.17) is 9.47 Å². The van der Waals surface area contributed by atoms with Crippen LogP contribution in [0.5, 0.6) is 11.5 Å². The average Bonchev–Trinajstić information content (AvgIpc) is 3.58. The number of rotatable bonds is 10. The van der Waals surface area contributed by atoms with Gasteiger partial charge in [0.15, 0.2) is 26.5 Å². The summed E-state index contributed by atoms with van der Waals surface area (Å²) in [4.78, 5) is 4.52. The summed E-state index contributed by atoms with van der Waals surface area (Å²) in [7, 11) is -0.498. The first-order chi connectivity index (χ1) is 16.3. The summed E-state index contributed by atoms with van der Waals surface area (Å²) in [5, 5.41) is 21.5. The summed E-state index contributed by atoms with van der Waals surface area (Å²) < 4.78 is 39.0. The van der Waals surface area contributed by atoms with Crippen molar-refractivity contribution in [1.82, 2.24) is 19.7 Å². The van der Waals surface area contributed by atoms with Gasteiger partial charge < -0.3 is 14.6 Å². The molecule has 9 nitrogen and oxygen atoms in total. The number of aromatic nitrogens is 4. The number of sulfone groups is 1. The topological polar surface area (TPSA) is 116 Å². The van der Waals surface area contributed by atoms with Crippen molar-refractivity contribution in [3.05, 3.63) is 35.1 Å². The molecule has 2 aromatic heterocycles. The van der Waals surface area contributed by atoms with Crippen LogP contribution in [0.25, 0.3) is 16.5 Å². The maximum atomic E-state index is 13.1. The van der Waals surface area contributed by atoms with Crippen LogP contribution in [0, 0.1) is 12.8 Å². The zero-order valence-corrected chi connectivity index (χ0v) is 21.2. The summed E-state index contributed by atoms with van der Waals surface area (Å²) in [6.45, 7) is 1.88. The molecular formula is C23H30N4O5S2. The minimum Gasteiger partial charge on any atom is -0.494 e. The van der Waals surface area contributed by atoms with Crippen molar-refractivity contribution in [2.45, 2.75) is 50.9 Å². The SMILES string of the molecule is COc1cccc(OC)c1-n1c(CS(=O)(=O)CC[C@H](O)C2CCCC2)nnc1-c1nc(C)cs1. The van der Waals surface area contributed by atoms with Gasteiger partial charge in [-0.05, 0) is 44.2 Å². The van der Waals surface area contributed by atoms with Crippen LogP contribution in [0.1, 0.15) is 43.6 Å². The van der Waals surface area contributed by atoms with Gasteiger partial charge in [-0.2, -0.15) is 0 Å². The minimum atomic E-state index is -3.57. The fourth-order valence-electron chi connectivity index (χ4n) is 4.44. The first-order valence-corrected chi connectivity index (χ1v) is 14.0. The number of methoxy groups -OCH3 is 2. The Morgan fingerprint density at radius 2 is 1.85 bits per heavy atom. The predicted molar refractivity (Wildman–Crippen MR) is 130 cm³/mol. The molecule has 34 heavy (non-hydrogen) atoms. The lowest BCUT2D eigenvalue weighted by Crippen LogP contribution is -2.23. The summed E-state index contributed by atoms with van der Waals surface area (Å²) in [5.74, 6) is 1.37. The van der Waals surface area contributed by atoms with E-state index in [0.717, 1.165) is 31.4 Å². The van der Waals surface area contributed by atoms with Gasteiger partial charge >= 0.3 is 0 Å². The lowest BCUT2D eigenvalue weighted by atomic mass is 9.99. The lowest BCUT2D eigenvalue weighted by Gasteiger charge is -2.18. The Balaban J connectivity index is 1.70. The van der Waals surface area contributed by atoms with E-state index in [1.165, 1.54) is 25.6 Å². The predicted octanol–water partition coefficient (Wildman–Crippen LogP) is 3.57. The van der Waals surface area contributed by atoms with Crippen LogP contribution in [0.2, 0.25) is 0 Å². The normalized spacial score (nSPS) is 15.5. The van der Waals surface area contributed by atoms with Gasteiger partial charge in [0.1, 0.15) is 22.9 Å². The highest BCUT2D eigenvalue weighted by Gasteiger charge is 2.29. The van der Waals surface area contributed by atoms with Crippen LogP contribution in [0.15, 0.2) is 23.6 Å². The van der Waals surface area contributed by atoms with E-state index >= 15 is 0 Å². The van der Waals surface area contributed by atoms with Gasteiger partial charge in [0.05, 0.1) is 26.1 Å². The van der Waals surface area contributed by atoms with E-state index in [2.05, 4.69) is 15.2 Å². The van der Waals surface area contributed by atoms with Gasteiger partial charge in [0.25, 0.3) is 0 Å². The van der Waals surface area contributed by atoms with E-state index in [0.29, 0.717) is 28.0 Å². The fraction of sp³-hybridized carbons (Fsp3) is 0.522. The van der Waals surface area contributed by atoms with E-state index in [-0.39, 0.29) is 29.7 Å². The number of benzene rings is 1. The summed E-state index contributed by atoms with van der Waals surface area (Å²) >= 11 is 1.40. The number of aliphatic hydroxyl groups excluding tert-OH is 1. The first kappa shape index (κ1) is 24.6. The smallest absolute Gasteiger partial charge is 0.197 e. The number of aliphatic hydroxyl groups is 1. The van der Waals surface area contributed by atoms with Gasteiger partial charge in [-0.1, -0.05) is 18.9 Å². The Morgan fingerprint density at radius 3 is 2.44 bits per heavy atom. The molecule has 11 heteroatoms. The number of aryl methyl sites for hydroxylation is 1. The quantitative estimate of drug-likeness (QED) is 0.444. The van der Waals surface area contributed by atoms with Gasteiger partial charge in [0, 0.05) is 11.1 Å². The van der Waals surface area contributed by atoms with Crippen molar-refractivity contribution in [1.29, 1.82) is 0 Å². The first-order valence-electron chi connectivity index (χ1n) is 11.3. The molecule has 0 aliphatic heterocycles. The summed E-state index contributed by atoms with van der Waals surface area (Å²) in [6, 6.07) is 5.33. The van der Waals surface area contributed by atoms with Crippen LogP contribution in [-0.4, -0.2) is 59.3 Å². The molecule has 2 heterocycles. The van der Waals surface area contributed by atoms with Crippen molar-refractivity contribution in [3.63, 3.8) is 0 Å². The highest BCUT2D eigenvalue weighted by molar-refractivity contribution is 7.90. The van der Waals surface area contributed by atoms with E-state index < -0.39 is 15.9 Å². The molecule has 1 fully saturated rings. The molecule has 1 aromatic carbocycles. The molecule has 0 unspecified atom stereocenters. The Labute approximate surface area is 203 Å². The Morgan fingerprint density at radius 1 is 1.18 bits per heavy atom. The second kappa shape index (κ2) is 10.4. The maximum absolute atomic E-state index is 13.1. The van der Waals surface area contributed by atoms with Crippen LogP contribution in [0.4, 0.5) is 0 Å². The molecule has 0 bridgehead atoms. The zero-order valence-electron chi connectivity index (χ0n) is 19.6. The Bertz CT molecular complexity index is 1210. The zero-order chi connectivity index (χ0) is 24.3. The Kier molecular flexibility index (Phi) is 7.54. The number of nitrogens with zero attached hydrogens (tertiary/aromatic N) is 4. The maximum Gasteiger partial charge on any atom is 0.197 e. The molecule has 0 radical (unpaired) electrons. The third-order valence-electron chi connectivity index (χ3n) is 6.18. The molecule has 1 N–H and O–H groups in total.